The van der Waals surface area contributed by atoms with Crippen molar-refractivity contribution in [3.63, 3.8) is 0 Å². The second-order valence-electron chi connectivity index (χ2n) is 4.19. The predicted octanol–water partition coefficient (Wildman–Crippen LogP) is 3.52. The van der Waals surface area contributed by atoms with Crippen molar-refractivity contribution >= 4 is 16.8 Å². The molecule has 0 aliphatic rings. The average molecular weight is 242 g/mol. The molecular weight excluding hydrogens is 231 g/mol. The predicted molar refractivity (Wildman–Crippen MR) is 68.6 cm³/mol. The van der Waals surface area contributed by atoms with Crippen LogP contribution in [0.25, 0.3) is 22.3 Å². The summed E-state index contributed by atoms with van der Waals surface area (Å²) in [6, 6.07) is 8.51. The standard InChI is InChI=1S/C14H11FN2O/c1-8-5-10(7-17-14(8)16)12-6-9-3-2-4-11(15)13(9)18-12/h2-7H,1H3,(H2,16,17). The molecule has 0 spiro atoms. The van der Waals surface area contributed by atoms with Gasteiger partial charge in [0.2, 0.25) is 0 Å². The summed E-state index contributed by atoms with van der Waals surface area (Å²) in [7, 11) is 0. The Morgan fingerprint density at radius 3 is 2.83 bits per heavy atom. The number of furan rings is 1. The van der Waals surface area contributed by atoms with Crippen molar-refractivity contribution in [3.8, 4) is 11.3 Å². The van der Waals surface area contributed by atoms with Gasteiger partial charge in [0, 0.05) is 17.1 Å². The van der Waals surface area contributed by atoms with Crippen LogP contribution in [0.1, 0.15) is 5.56 Å². The van der Waals surface area contributed by atoms with Crippen LogP contribution >= 0.6 is 0 Å². The number of aryl methyl sites for hydroxylation is 1. The molecule has 3 rings (SSSR count). The van der Waals surface area contributed by atoms with E-state index in [4.69, 9.17) is 10.2 Å². The Balaban J connectivity index is 2.19. The molecule has 0 saturated carbocycles. The first kappa shape index (κ1) is 10.8. The van der Waals surface area contributed by atoms with Gasteiger partial charge in [0.25, 0.3) is 0 Å². The molecule has 0 aliphatic heterocycles. The van der Waals surface area contributed by atoms with E-state index in [0.29, 0.717) is 11.6 Å². The molecule has 0 amide bonds. The van der Waals surface area contributed by atoms with E-state index < -0.39 is 0 Å². The fourth-order valence-corrected chi connectivity index (χ4v) is 1.89. The highest BCUT2D eigenvalue weighted by Gasteiger charge is 2.10. The summed E-state index contributed by atoms with van der Waals surface area (Å²) < 4.78 is 19.1. The molecule has 2 aromatic heterocycles. The number of nitrogens with zero attached hydrogens (tertiary/aromatic N) is 1. The average Bonchev–Trinajstić information content (AvgIpc) is 2.78. The van der Waals surface area contributed by atoms with E-state index in [2.05, 4.69) is 4.98 Å². The van der Waals surface area contributed by atoms with Gasteiger partial charge < -0.3 is 10.2 Å². The number of hydrogen-bond donors (Lipinski definition) is 1. The van der Waals surface area contributed by atoms with E-state index >= 15 is 0 Å². The third-order valence-corrected chi connectivity index (χ3v) is 2.90. The zero-order valence-electron chi connectivity index (χ0n) is 9.77. The highest BCUT2D eigenvalue weighted by molar-refractivity contribution is 5.83. The Kier molecular flexibility index (Phi) is 2.30. The maximum absolute atomic E-state index is 13.5. The third kappa shape index (κ3) is 1.62. The number of benzene rings is 1. The Morgan fingerprint density at radius 1 is 1.28 bits per heavy atom. The summed E-state index contributed by atoms with van der Waals surface area (Å²) in [5, 5.41) is 0.736. The van der Waals surface area contributed by atoms with Gasteiger partial charge in [0.1, 0.15) is 11.6 Å². The first-order valence-electron chi connectivity index (χ1n) is 5.56. The van der Waals surface area contributed by atoms with Crippen molar-refractivity contribution in [2.45, 2.75) is 6.92 Å². The first-order chi connectivity index (χ1) is 8.65. The van der Waals surface area contributed by atoms with Crippen LogP contribution in [0.3, 0.4) is 0 Å². The van der Waals surface area contributed by atoms with E-state index in [1.54, 1.807) is 18.3 Å². The molecule has 18 heavy (non-hydrogen) atoms. The van der Waals surface area contributed by atoms with Crippen LogP contribution in [0.2, 0.25) is 0 Å². The van der Waals surface area contributed by atoms with Gasteiger partial charge in [-0.3, -0.25) is 0 Å². The van der Waals surface area contributed by atoms with Crippen LogP contribution in [0, 0.1) is 12.7 Å². The lowest BCUT2D eigenvalue weighted by molar-refractivity contribution is 0.568. The van der Waals surface area contributed by atoms with Crippen LogP contribution in [0.5, 0.6) is 0 Å². The Morgan fingerprint density at radius 2 is 2.11 bits per heavy atom. The molecule has 2 heterocycles. The number of halogens is 1. The molecule has 0 bridgehead atoms. The molecule has 3 nitrogen and oxygen atoms in total. The number of pyridine rings is 1. The maximum atomic E-state index is 13.5. The summed E-state index contributed by atoms with van der Waals surface area (Å²) >= 11 is 0. The summed E-state index contributed by atoms with van der Waals surface area (Å²) in [6.45, 7) is 1.87. The van der Waals surface area contributed by atoms with Gasteiger partial charge in [-0.1, -0.05) is 12.1 Å². The van der Waals surface area contributed by atoms with Crippen molar-refractivity contribution < 1.29 is 8.81 Å². The molecular formula is C14H11FN2O. The van der Waals surface area contributed by atoms with Gasteiger partial charge in [-0.15, -0.1) is 0 Å². The SMILES string of the molecule is Cc1cc(-c2cc3cccc(F)c3o2)cnc1N. The lowest BCUT2D eigenvalue weighted by Gasteiger charge is -2.00. The molecule has 4 heteroatoms. The number of rotatable bonds is 1. The molecule has 0 atom stereocenters. The van der Waals surface area contributed by atoms with E-state index in [9.17, 15) is 4.39 Å². The molecule has 0 aliphatic carbocycles. The van der Waals surface area contributed by atoms with E-state index in [0.717, 1.165) is 16.5 Å². The highest BCUT2D eigenvalue weighted by atomic mass is 19.1. The smallest absolute Gasteiger partial charge is 0.170 e. The number of fused-ring (bicyclic) bond motifs is 1. The molecule has 0 saturated heterocycles. The minimum absolute atomic E-state index is 0.266. The fourth-order valence-electron chi connectivity index (χ4n) is 1.89. The third-order valence-electron chi connectivity index (χ3n) is 2.90. The van der Waals surface area contributed by atoms with Crippen molar-refractivity contribution in [1.29, 1.82) is 0 Å². The van der Waals surface area contributed by atoms with Gasteiger partial charge in [0.05, 0.1) is 0 Å². The van der Waals surface area contributed by atoms with Crippen LogP contribution in [-0.2, 0) is 0 Å². The van der Waals surface area contributed by atoms with Crippen molar-refractivity contribution in [1.82, 2.24) is 4.98 Å². The van der Waals surface area contributed by atoms with Gasteiger partial charge in [0.15, 0.2) is 11.4 Å². The quantitative estimate of drug-likeness (QED) is 0.710. The monoisotopic (exact) mass is 242 g/mol. The topological polar surface area (TPSA) is 52.0 Å². The summed E-state index contributed by atoms with van der Waals surface area (Å²) in [5.41, 5.74) is 7.59. The Hall–Kier alpha value is -2.36. The second-order valence-corrected chi connectivity index (χ2v) is 4.19. The number of aromatic nitrogens is 1. The summed E-state index contributed by atoms with van der Waals surface area (Å²) in [6.07, 6.45) is 1.62. The number of hydrogen-bond acceptors (Lipinski definition) is 3. The molecule has 90 valence electrons. The Bertz CT molecular complexity index is 734. The minimum Gasteiger partial charge on any atom is -0.453 e. The zero-order valence-corrected chi connectivity index (χ0v) is 9.77. The molecule has 1 aromatic carbocycles. The van der Waals surface area contributed by atoms with Crippen LogP contribution < -0.4 is 5.73 Å². The van der Waals surface area contributed by atoms with E-state index in [1.807, 2.05) is 19.1 Å². The Labute approximate surface area is 103 Å². The normalized spacial score (nSPS) is 11.0. The van der Waals surface area contributed by atoms with Gasteiger partial charge in [-0.2, -0.15) is 0 Å². The number of anilines is 1. The molecule has 0 fully saturated rings. The number of nitrogen functional groups attached to an aromatic ring is 1. The lowest BCUT2D eigenvalue weighted by Crippen LogP contribution is -1.93. The second kappa shape index (κ2) is 3.84. The summed E-state index contributed by atoms with van der Waals surface area (Å²) in [5.74, 6) is 0.714. The highest BCUT2D eigenvalue weighted by Crippen LogP contribution is 2.29. The lowest BCUT2D eigenvalue weighted by atomic mass is 10.1. The molecule has 2 N–H and O–H groups in total. The van der Waals surface area contributed by atoms with E-state index in [-0.39, 0.29) is 11.4 Å². The minimum atomic E-state index is -0.362. The van der Waals surface area contributed by atoms with Crippen molar-refractivity contribution in [2.75, 3.05) is 5.73 Å². The van der Waals surface area contributed by atoms with Crippen molar-refractivity contribution in [3.05, 3.63) is 47.9 Å². The van der Waals surface area contributed by atoms with Crippen LogP contribution in [0.15, 0.2) is 40.9 Å². The summed E-state index contributed by atoms with van der Waals surface area (Å²) in [4.78, 5) is 4.07. The van der Waals surface area contributed by atoms with Gasteiger partial charge in [-0.25, -0.2) is 9.37 Å². The van der Waals surface area contributed by atoms with Crippen molar-refractivity contribution in [2.24, 2.45) is 0 Å². The molecule has 3 aromatic rings. The molecule has 0 unspecified atom stereocenters. The largest absolute Gasteiger partial charge is 0.453 e. The van der Waals surface area contributed by atoms with Gasteiger partial charge in [-0.05, 0) is 30.7 Å². The van der Waals surface area contributed by atoms with Gasteiger partial charge >= 0.3 is 0 Å². The maximum Gasteiger partial charge on any atom is 0.170 e. The van der Waals surface area contributed by atoms with Crippen LogP contribution in [-0.4, -0.2) is 4.98 Å². The van der Waals surface area contributed by atoms with Crippen LogP contribution in [0.4, 0.5) is 10.2 Å². The zero-order chi connectivity index (χ0) is 12.7. The first-order valence-corrected chi connectivity index (χ1v) is 5.56. The molecule has 0 radical (unpaired) electrons. The fraction of sp³-hybridized carbons (Fsp3) is 0.0714. The van der Waals surface area contributed by atoms with E-state index in [1.165, 1.54) is 6.07 Å². The number of para-hydroxylation sites is 1. The number of nitrogens with two attached hydrogens (primary N) is 1.